The summed E-state index contributed by atoms with van der Waals surface area (Å²) in [4.78, 5) is 13.6. The Kier molecular flexibility index (Phi) is 4.42. The minimum atomic E-state index is -3.23. The summed E-state index contributed by atoms with van der Waals surface area (Å²) in [6, 6.07) is 7.52. The average molecular weight is 297 g/mol. The molecule has 7 heteroatoms. The van der Waals surface area contributed by atoms with Gasteiger partial charge >= 0.3 is 0 Å². The van der Waals surface area contributed by atoms with Gasteiger partial charge < -0.3 is 10.2 Å². The molecule has 0 saturated carbocycles. The van der Waals surface area contributed by atoms with Gasteiger partial charge in [0.2, 0.25) is 15.9 Å². The molecule has 20 heavy (non-hydrogen) atoms. The molecule has 1 aliphatic heterocycles. The summed E-state index contributed by atoms with van der Waals surface area (Å²) in [6.07, 6.45) is 0.340. The number of nitrogens with zero attached hydrogens (tertiary/aromatic N) is 1. The Hall–Kier alpha value is -1.44. The zero-order valence-corrected chi connectivity index (χ0v) is 12.4. The van der Waals surface area contributed by atoms with Crippen LogP contribution in [0.3, 0.4) is 0 Å². The van der Waals surface area contributed by atoms with Crippen LogP contribution in [-0.4, -0.2) is 40.7 Å². The lowest BCUT2D eigenvalue weighted by Gasteiger charge is -2.32. The highest BCUT2D eigenvalue weighted by molar-refractivity contribution is 7.89. The molecule has 0 spiro atoms. The molecule has 1 unspecified atom stereocenters. The van der Waals surface area contributed by atoms with E-state index in [0.717, 1.165) is 11.3 Å². The number of fused-ring (bicyclic) bond motifs is 1. The Morgan fingerprint density at radius 1 is 1.35 bits per heavy atom. The third-order valence-corrected chi connectivity index (χ3v) is 4.86. The highest BCUT2D eigenvalue weighted by Crippen LogP contribution is 2.33. The van der Waals surface area contributed by atoms with Gasteiger partial charge in [-0.15, -0.1) is 0 Å². The Morgan fingerprint density at radius 2 is 2.05 bits per heavy atom. The van der Waals surface area contributed by atoms with Crippen molar-refractivity contribution in [2.75, 3.05) is 31.3 Å². The van der Waals surface area contributed by atoms with Gasteiger partial charge in [-0.1, -0.05) is 18.2 Å². The number of nitrogens with one attached hydrogen (secondary N) is 2. The summed E-state index contributed by atoms with van der Waals surface area (Å²) in [5.41, 5.74) is 1.90. The van der Waals surface area contributed by atoms with E-state index in [9.17, 15) is 13.2 Å². The molecule has 0 bridgehead atoms. The largest absolute Gasteiger partial charge is 0.315 e. The van der Waals surface area contributed by atoms with Gasteiger partial charge in [-0.2, -0.15) is 0 Å². The van der Waals surface area contributed by atoms with E-state index in [0.29, 0.717) is 13.0 Å². The number of anilines is 1. The fraction of sp³-hybridized carbons (Fsp3) is 0.462. The molecule has 110 valence electrons. The van der Waals surface area contributed by atoms with Crippen molar-refractivity contribution in [2.24, 2.45) is 0 Å². The summed E-state index contributed by atoms with van der Waals surface area (Å²) in [6.45, 7) is 0.305. The van der Waals surface area contributed by atoms with Crippen molar-refractivity contribution in [3.8, 4) is 0 Å². The first-order valence-electron chi connectivity index (χ1n) is 6.44. The summed E-state index contributed by atoms with van der Waals surface area (Å²) in [5, 5.41) is 3.15. The molecule has 0 radical (unpaired) electrons. The van der Waals surface area contributed by atoms with Crippen LogP contribution in [0.1, 0.15) is 18.0 Å². The topological polar surface area (TPSA) is 78.5 Å². The van der Waals surface area contributed by atoms with Crippen molar-refractivity contribution >= 4 is 21.6 Å². The smallest absolute Gasteiger partial charge is 0.228 e. The number of carbonyl (C=O) groups excluding carboxylic acids is 1. The van der Waals surface area contributed by atoms with Crippen LogP contribution in [-0.2, 0) is 14.8 Å². The van der Waals surface area contributed by atoms with E-state index in [1.165, 1.54) is 7.05 Å². The van der Waals surface area contributed by atoms with Gasteiger partial charge in [-0.25, -0.2) is 13.1 Å². The van der Waals surface area contributed by atoms with E-state index in [1.807, 2.05) is 24.3 Å². The van der Waals surface area contributed by atoms with E-state index >= 15 is 0 Å². The minimum absolute atomic E-state index is 0.00774. The summed E-state index contributed by atoms with van der Waals surface area (Å²) in [5.74, 6) is 0.0179. The number of para-hydroxylation sites is 1. The van der Waals surface area contributed by atoms with E-state index in [1.54, 1.807) is 11.9 Å². The molecule has 1 atom stereocenters. The first-order valence-corrected chi connectivity index (χ1v) is 8.10. The summed E-state index contributed by atoms with van der Waals surface area (Å²) in [7, 11) is -0.0844. The maximum Gasteiger partial charge on any atom is 0.228 e. The van der Waals surface area contributed by atoms with E-state index < -0.39 is 10.0 Å². The van der Waals surface area contributed by atoms with Gasteiger partial charge in [0.25, 0.3) is 0 Å². The van der Waals surface area contributed by atoms with Crippen molar-refractivity contribution in [2.45, 2.75) is 12.5 Å². The number of hydrogen-bond donors (Lipinski definition) is 2. The van der Waals surface area contributed by atoms with Crippen LogP contribution in [0.25, 0.3) is 0 Å². The lowest BCUT2D eigenvalue weighted by molar-refractivity contribution is -0.119. The molecule has 1 aliphatic rings. The van der Waals surface area contributed by atoms with Crippen LogP contribution in [0, 0.1) is 0 Å². The fourth-order valence-corrected chi connectivity index (χ4v) is 2.89. The lowest BCUT2D eigenvalue weighted by atomic mass is 9.96. The molecule has 2 N–H and O–H groups in total. The monoisotopic (exact) mass is 297 g/mol. The number of rotatable bonds is 5. The Morgan fingerprint density at radius 3 is 2.75 bits per heavy atom. The van der Waals surface area contributed by atoms with Gasteiger partial charge in [0.1, 0.15) is 0 Å². The number of amides is 1. The van der Waals surface area contributed by atoms with Gasteiger partial charge in [-0.05, 0) is 18.7 Å². The molecule has 2 rings (SSSR count). The second kappa shape index (κ2) is 5.90. The average Bonchev–Trinajstić information content (AvgIpc) is 2.44. The predicted octanol–water partition coefficient (Wildman–Crippen LogP) is 0.233. The Labute approximate surface area is 119 Å². The molecule has 1 aromatic rings. The standard InChI is InChI=1S/C13H19N3O3S/c1-14-20(18,19)8-7-15-11-9-13(17)16(2)12-6-4-3-5-10(11)12/h3-6,11,14-15H,7-9H2,1-2H3. The highest BCUT2D eigenvalue weighted by atomic mass is 32.2. The SMILES string of the molecule is CNS(=O)(=O)CCNC1CC(=O)N(C)c2ccccc21. The van der Waals surface area contributed by atoms with Crippen LogP contribution in [0.2, 0.25) is 0 Å². The first-order chi connectivity index (χ1) is 9.44. The van der Waals surface area contributed by atoms with E-state index in [4.69, 9.17) is 0 Å². The van der Waals surface area contributed by atoms with Gasteiger partial charge in [0.15, 0.2) is 0 Å². The second-order valence-corrected chi connectivity index (χ2v) is 6.79. The quantitative estimate of drug-likeness (QED) is 0.816. The Balaban J connectivity index is 2.10. The molecule has 6 nitrogen and oxygen atoms in total. The van der Waals surface area contributed by atoms with Crippen molar-refractivity contribution < 1.29 is 13.2 Å². The molecule has 0 saturated heterocycles. The number of benzene rings is 1. The Bertz CT molecular complexity index is 601. The van der Waals surface area contributed by atoms with E-state index in [2.05, 4.69) is 10.0 Å². The summed E-state index contributed by atoms with van der Waals surface area (Å²) >= 11 is 0. The number of carbonyl (C=O) groups is 1. The molecule has 0 fully saturated rings. The van der Waals surface area contributed by atoms with Gasteiger partial charge in [0, 0.05) is 31.7 Å². The minimum Gasteiger partial charge on any atom is -0.315 e. The van der Waals surface area contributed by atoms with E-state index in [-0.39, 0.29) is 17.7 Å². The van der Waals surface area contributed by atoms with Crippen LogP contribution >= 0.6 is 0 Å². The third-order valence-electron chi connectivity index (χ3n) is 3.50. The molecule has 1 amide bonds. The normalized spacial score (nSPS) is 19.0. The fourth-order valence-electron chi connectivity index (χ4n) is 2.30. The third kappa shape index (κ3) is 3.17. The second-order valence-electron chi connectivity index (χ2n) is 4.75. The number of sulfonamides is 1. The molecule has 1 heterocycles. The maximum absolute atomic E-state index is 11.9. The predicted molar refractivity (Wildman–Crippen MR) is 78.1 cm³/mol. The zero-order valence-electron chi connectivity index (χ0n) is 11.6. The van der Waals surface area contributed by atoms with Crippen molar-refractivity contribution in [1.82, 2.24) is 10.0 Å². The van der Waals surface area contributed by atoms with Crippen molar-refractivity contribution in [3.05, 3.63) is 29.8 Å². The van der Waals surface area contributed by atoms with Crippen LogP contribution in [0.15, 0.2) is 24.3 Å². The van der Waals surface area contributed by atoms with Crippen LogP contribution in [0.5, 0.6) is 0 Å². The van der Waals surface area contributed by atoms with Crippen LogP contribution < -0.4 is 14.9 Å². The molecule has 0 aromatic heterocycles. The zero-order chi connectivity index (χ0) is 14.8. The molecule has 0 aliphatic carbocycles. The molecular formula is C13H19N3O3S. The molecular weight excluding hydrogens is 278 g/mol. The maximum atomic E-state index is 11.9. The van der Waals surface area contributed by atoms with Crippen LogP contribution in [0.4, 0.5) is 5.69 Å². The lowest BCUT2D eigenvalue weighted by Crippen LogP contribution is -2.39. The van der Waals surface area contributed by atoms with Crippen molar-refractivity contribution in [1.29, 1.82) is 0 Å². The summed E-state index contributed by atoms with van der Waals surface area (Å²) < 4.78 is 25.0. The van der Waals surface area contributed by atoms with Crippen molar-refractivity contribution in [3.63, 3.8) is 0 Å². The molecule has 1 aromatic carbocycles. The van der Waals surface area contributed by atoms with Gasteiger partial charge in [-0.3, -0.25) is 4.79 Å². The van der Waals surface area contributed by atoms with Gasteiger partial charge in [0.05, 0.1) is 5.75 Å². The highest BCUT2D eigenvalue weighted by Gasteiger charge is 2.28. The first kappa shape index (κ1) is 15.0. The number of hydrogen-bond acceptors (Lipinski definition) is 4.